The summed E-state index contributed by atoms with van der Waals surface area (Å²) in [6.07, 6.45) is 3.87. The van der Waals surface area contributed by atoms with Gasteiger partial charge in [-0.05, 0) is 50.7 Å². The third-order valence-electron chi connectivity index (χ3n) is 5.09. The Morgan fingerprint density at radius 1 is 1.25 bits per heavy atom. The number of likely N-dealkylation sites (tertiary alicyclic amines) is 1. The van der Waals surface area contributed by atoms with Crippen LogP contribution in [0.15, 0.2) is 47.6 Å². The topological polar surface area (TPSA) is 53.5 Å². The van der Waals surface area contributed by atoms with Crippen LogP contribution in [0.1, 0.15) is 23.5 Å². The molecular formula is C18H21N3O2S. The molecule has 1 fully saturated rings. The number of pyridine rings is 1. The average molecular weight is 343 g/mol. The van der Waals surface area contributed by atoms with Crippen LogP contribution >= 0.6 is 0 Å². The minimum Gasteiger partial charge on any atom is -0.306 e. The maximum Gasteiger partial charge on any atom is 0.266 e. The van der Waals surface area contributed by atoms with Gasteiger partial charge in [0.15, 0.2) is 0 Å². The van der Waals surface area contributed by atoms with E-state index < -0.39 is 10.0 Å². The lowest BCUT2D eigenvalue weighted by Gasteiger charge is -2.36. The highest BCUT2D eigenvalue weighted by molar-refractivity contribution is 7.92. The molecule has 0 N–H and O–H groups in total. The van der Waals surface area contributed by atoms with Crippen molar-refractivity contribution in [3.8, 4) is 0 Å². The van der Waals surface area contributed by atoms with Gasteiger partial charge < -0.3 is 4.90 Å². The first-order chi connectivity index (χ1) is 11.5. The molecule has 0 amide bonds. The third-order valence-corrected chi connectivity index (χ3v) is 6.91. The van der Waals surface area contributed by atoms with E-state index in [0.29, 0.717) is 0 Å². The fraction of sp³-hybridized carbons (Fsp3) is 0.389. The van der Waals surface area contributed by atoms with E-state index in [1.54, 1.807) is 22.6 Å². The molecule has 0 bridgehead atoms. The molecule has 2 atom stereocenters. The van der Waals surface area contributed by atoms with Gasteiger partial charge in [0.25, 0.3) is 10.0 Å². The van der Waals surface area contributed by atoms with E-state index in [1.807, 2.05) is 12.1 Å². The highest BCUT2D eigenvalue weighted by Crippen LogP contribution is 2.47. The largest absolute Gasteiger partial charge is 0.306 e. The van der Waals surface area contributed by atoms with Crippen molar-refractivity contribution in [2.24, 2.45) is 0 Å². The summed E-state index contributed by atoms with van der Waals surface area (Å²) in [6, 6.07) is 9.38. The molecule has 2 aromatic rings. The van der Waals surface area contributed by atoms with Gasteiger partial charge in [0, 0.05) is 24.9 Å². The number of sulfonamides is 1. The Kier molecular flexibility index (Phi) is 3.62. The van der Waals surface area contributed by atoms with Gasteiger partial charge in [0.2, 0.25) is 0 Å². The molecule has 24 heavy (non-hydrogen) atoms. The number of aromatic nitrogens is 1. The molecule has 2 aliphatic rings. The standard InChI is InChI=1S/C18H21N3O2S/c1-13-5-6-17-15(10-13)16-12-20(2)9-7-18(16)21(17)24(22,23)14-4-3-8-19-11-14/h3-6,8,10-11,16,18H,7,9,12H2,1-2H3/t16-,18+/m1/s1. The quantitative estimate of drug-likeness (QED) is 0.840. The van der Waals surface area contributed by atoms with Crippen LogP contribution in [0.4, 0.5) is 5.69 Å². The number of anilines is 1. The van der Waals surface area contributed by atoms with E-state index in [2.05, 4.69) is 29.9 Å². The number of piperidine rings is 1. The molecule has 5 nitrogen and oxygen atoms in total. The average Bonchev–Trinajstić information content (AvgIpc) is 2.89. The predicted molar refractivity (Wildman–Crippen MR) is 93.7 cm³/mol. The normalized spacial score (nSPS) is 23.8. The number of hydrogen-bond donors (Lipinski definition) is 0. The zero-order chi connectivity index (χ0) is 16.9. The van der Waals surface area contributed by atoms with E-state index in [4.69, 9.17) is 0 Å². The molecule has 2 aliphatic heterocycles. The molecule has 6 heteroatoms. The van der Waals surface area contributed by atoms with E-state index in [-0.39, 0.29) is 16.9 Å². The molecule has 3 heterocycles. The van der Waals surface area contributed by atoms with Crippen LogP contribution in [-0.2, 0) is 10.0 Å². The Morgan fingerprint density at radius 3 is 2.83 bits per heavy atom. The second-order valence-corrected chi connectivity index (χ2v) is 8.59. The number of hydrogen-bond acceptors (Lipinski definition) is 4. The molecule has 1 saturated heterocycles. The van der Waals surface area contributed by atoms with Crippen LogP contribution < -0.4 is 4.31 Å². The number of aryl methyl sites for hydroxylation is 1. The van der Waals surface area contributed by atoms with Gasteiger partial charge in [-0.1, -0.05) is 17.7 Å². The summed E-state index contributed by atoms with van der Waals surface area (Å²) in [5.74, 6) is 0.227. The zero-order valence-corrected chi connectivity index (χ0v) is 14.7. The Bertz CT molecular complexity index is 867. The first kappa shape index (κ1) is 15.6. The number of benzene rings is 1. The van der Waals surface area contributed by atoms with Crippen molar-refractivity contribution in [3.05, 3.63) is 53.9 Å². The SMILES string of the molecule is Cc1ccc2c(c1)[C@H]1CN(C)CC[C@@H]1N2S(=O)(=O)c1cccnc1. The number of likely N-dealkylation sites (N-methyl/N-ethyl adjacent to an activating group) is 1. The summed E-state index contributed by atoms with van der Waals surface area (Å²) in [6.45, 7) is 3.85. The lowest BCUT2D eigenvalue weighted by atomic mass is 9.89. The lowest BCUT2D eigenvalue weighted by molar-refractivity contribution is 0.237. The fourth-order valence-corrected chi connectivity index (χ4v) is 5.67. The van der Waals surface area contributed by atoms with Crippen LogP contribution in [0.3, 0.4) is 0 Å². The summed E-state index contributed by atoms with van der Waals surface area (Å²) in [5.41, 5.74) is 3.15. The smallest absolute Gasteiger partial charge is 0.266 e. The Hall–Kier alpha value is -1.92. The first-order valence-corrected chi connectivity index (χ1v) is 9.66. The summed E-state index contributed by atoms with van der Waals surface area (Å²) >= 11 is 0. The van der Waals surface area contributed by atoms with Gasteiger partial charge in [-0.15, -0.1) is 0 Å². The Balaban J connectivity index is 1.87. The molecule has 1 aromatic heterocycles. The van der Waals surface area contributed by atoms with Crippen molar-refractivity contribution in [1.29, 1.82) is 0 Å². The van der Waals surface area contributed by atoms with Gasteiger partial charge in [-0.3, -0.25) is 9.29 Å². The first-order valence-electron chi connectivity index (χ1n) is 8.22. The summed E-state index contributed by atoms with van der Waals surface area (Å²) < 4.78 is 28.2. The number of rotatable bonds is 2. The molecular weight excluding hydrogens is 322 g/mol. The monoisotopic (exact) mass is 343 g/mol. The molecule has 4 rings (SSSR count). The molecule has 126 valence electrons. The van der Waals surface area contributed by atoms with Crippen LogP contribution in [-0.4, -0.2) is 44.5 Å². The summed E-state index contributed by atoms with van der Waals surface area (Å²) in [5, 5.41) is 0. The van der Waals surface area contributed by atoms with Crippen LogP contribution in [0.5, 0.6) is 0 Å². The summed E-state index contributed by atoms with van der Waals surface area (Å²) in [4.78, 5) is 6.54. The van der Waals surface area contributed by atoms with Gasteiger partial charge >= 0.3 is 0 Å². The number of nitrogens with zero attached hydrogens (tertiary/aromatic N) is 3. The minimum atomic E-state index is -3.60. The van der Waals surface area contributed by atoms with Gasteiger partial charge in [0.1, 0.15) is 4.90 Å². The Morgan fingerprint density at radius 2 is 2.08 bits per heavy atom. The summed E-state index contributed by atoms with van der Waals surface area (Å²) in [7, 11) is -1.50. The van der Waals surface area contributed by atoms with Crippen LogP contribution in [0.2, 0.25) is 0 Å². The van der Waals surface area contributed by atoms with Crippen molar-refractivity contribution in [1.82, 2.24) is 9.88 Å². The second kappa shape index (κ2) is 5.57. The van der Waals surface area contributed by atoms with Crippen molar-refractivity contribution < 1.29 is 8.42 Å². The van der Waals surface area contributed by atoms with Crippen LogP contribution in [0, 0.1) is 6.92 Å². The van der Waals surface area contributed by atoms with Crippen molar-refractivity contribution >= 4 is 15.7 Å². The van der Waals surface area contributed by atoms with Crippen molar-refractivity contribution in [2.45, 2.75) is 30.2 Å². The van der Waals surface area contributed by atoms with Crippen molar-refractivity contribution in [3.63, 3.8) is 0 Å². The molecule has 0 radical (unpaired) electrons. The van der Waals surface area contributed by atoms with Gasteiger partial charge in [0.05, 0.1) is 11.7 Å². The minimum absolute atomic E-state index is 0.0109. The van der Waals surface area contributed by atoms with E-state index in [0.717, 1.165) is 30.8 Å². The predicted octanol–water partition coefficient (Wildman–Crippen LogP) is 2.39. The number of fused-ring (bicyclic) bond motifs is 3. The highest BCUT2D eigenvalue weighted by atomic mass is 32.2. The van der Waals surface area contributed by atoms with Crippen LogP contribution in [0.25, 0.3) is 0 Å². The van der Waals surface area contributed by atoms with Crippen molar-refractivity contribution in [2.75, 3.05) is 24.4 Å². The maximum atomic E-state index is 13.3. The van der Waals surface area contributed by atoms with Gasteiger partial charge in [-0.25, -0.2) is 8.42 Å². The fourth-order valence-electron chi connectivity index (χ4n) is 3.96. The molecule has 0 unspecified atom stereocenters. The van der Waals surface area contributed by atoms with E-state index >= 15 is 0 Å². The molecule has 1 aromatic carbocycles. The van der Waals surface area contributed by atoms with E-state index in [9.17, 15) is 8.42 Å². The van der Waals surface area contributed by atoms with Gasteiger partial charge in [-0.2, -0.15) is 0 Å². The highest BCUT2D eigenvalue weighted by Gasteiger charge is 2.46. The zero-order valence-electron chi connectivity index (χ0n) is 13.9. The Labute approximate surface area is 143 Å². The molecule has 0 aliphatic carbocycles. The molecule has 0 saturated carbocycles. The third kappa shape index (κ3) is 2.32. The maximum absolute atomic E-state index is 13.3. The molecule has 0 spiro atoms. The second-order valence-electron chi connectivity index (χ2n) is 6.78. The van der Waals surface area contributed by atoms with E-state index in [1.165, 1.54) is 11.8 Å². The lowest BCUT2D eigenvalue weighted by Crippen LogP contribution is -2.47.